The third kappa shape index (κ3) is 4.05. The first kappa shape index (κ1) is 17.6. The maximum atomic E-state index is 11.7. The third-order valence-electron chi connectivity index (χ3n) is 3.51. The summed E-state index contributed by atoms with van der Waals surface area (Å²) in [4.78, 5) is 16.2. The van der Waals surface area contributed by atoms with Crippen molar-refractivity contribution in [2.45, 2.75) is 13.8 Å². The van der Waals surface area contributed by atoms with Crippen LogP contribution in [0.5, 0.6) is 0 Å². The smallest absolute Gasteiger partial charge is 0.228 e. The lowest BCUT2D eigenvalue weighted by Gasteiger charge is -2.10. The molecule has 0 radical (unpaired) electrons. The Bertz CT molecular complexity index is 952. The van der Waals surface area contributed by atoms with Crippen molar-refractivity contribution in [1.82, 2.24) is 10.3 Å². The summed E-state index contributed by atoms with van der Waals surface area (Å²) >= 11 is 8.66. The normalized spacial score (nSPS) is 10.9. The van der Waals surface area contributed by atoms with Crippen molar-refractivity contribution in [3.63, 3.8) is 0 Å². The van der Waals surface area contributed by atoms with E-state index < -0.39 is 0 Å². The van der Waals surface area contributed by atoms with Crippen molar-refractivity contribution >= 4 is 56.0 Å². The van der Waals surface area contributed by atoms with Gasteiger partial charge >= 0.3 is 0 Å². The number of oxazole rings is 1. The van der Waals surface area contributed by atoms with Crippen LogP contribution in [0, 0.1) is 5.92 Å². The van der Waals surface area contributed by atoms with E-state index in [2.05, 4.69) is 31.5 Å². The number of rotatable bonds is 3. The second kappa shape index (κ2) is 7.33. The van der Waals surface area contributed by atoms with Crippen LogP contribution in [0.4, 0.5) is 5.69 Å². The minimum absolute atomic E-state index is 0.128. The number of aromatic nitrogens is 1. The van der Waals surface area contributed by atoms with Crippen molar-refractivity contribution < 1.29 is 9.21 Å². The van der Waals surface area contributed by atoms with Crippen LogP contribution < -0.4 is 10.6 Å². The monoisotopic (exact) mass is 417 g/mol. The molecule has 1 aromatic heterocycles. The lowest BCUT2D eigenvalue weighted by molar-refractivity contribution is -0.122. The number of carbonyl (C=O) groups excluding carboxylic acids is 1. The molecule has 5 nitrogen and oxygen atoms in total. The van der Waals surface area contributed by atoms with Gasteiger partial charge in [0.1, 0.15) is 5.52 Å². The Kier molecular flexibility index (Phi) is 5.15. The molecule has 2 N–H and O–H groups in total. The van der Waals surface area contributed by atoms with Crippen molar-refractivity contribution in [3.05, 3.63) is 46.9 Å². The zero-order valence-electron chi connectivity index (χ0n) is 13.7. The number of amides is 1. The highest BCUT2D eigenvalue weighted by Gasteiger charge is 2.12. The van der Waals surface area contributed by atoms with Gasteiger partial charge in [0.15, 0.2) is 10.7 Å². The summed E-state index contributed by atoms with van der Waals surface area (Å²) in [7, 11) is 0. The number of benzene rings is 2. The summed E-state index contributed by atoms with van der Waals surface area (Å²) in [6.45, 7) is 3.62. The molecule has 1 amide bonds. The number of thiocarbonyl (C=S) groups is 1. The molecule has 2 aromatic carbocycles. The van der Waals surface area contributed by atoms with Crippen molar-refractivity contribution in [2.24, 2.45) is 5.92 Å². The van der Waals surface area contributed by atoms with Crippen LogP contribution in [-0.4, -0.2) is 16.0 Å². The van der Waals surface area contributed by atoms with Crippen LogP contribution in [0.2, 0.25) is 0 Å². The molecule has 3 rings (SSSR count). The highest BCUT2D eigenvalue weighted by Crippen LogP contribution is 2.30. The zero-order chi connectivity index (χ0) is 18.0. The second-order valence-electron chi connectivity index (χ2n) is 5.78. The molecule has 0 atom stereocenters. The molecule has 128 valence electrons. The number of nitrogens with one attached hydrogen (secondary N) is 2. The van der Waals surface area contributed by atoms with Crippen molar-refractivity contribution in [3.8, 4) is 11.5 Å². The maximum Gasteiger partial charge on any atom is 0.228 e. The molecule has 0 aliphatic rings. The lowest BCUT2D eigenvalue weighted by Crippen LogP contribution is -2.36. The minimum atomic E-state index is -0.135. The highest BCUT2D eigenvalue weighted by molar-refractivity contribution is 9.10. The Labute approximate surface area is 158 Å². The number of carbonyl (C=O) groups is 1. The van der Waals surface area contributed by atoms with Gasteiger partial charge in [0.2, 0.25) is 11.8 Å². The molecule has 0 aliphatic carbocycles. The van der Waals surface area contributed by atoms with Gasteiger partial charge in [-0.2, -0.15) is 0 Å². The predicted octanol–water partition coefficient (Wildman–Crippen LogP) is 4.73. The number of fused-ring (bicyclic) bond motifs is 1. The molecule has 0 fully saturated rings. The number of hydrogen-bond donors (Lipinski definition) is 2. The Balaban J connectivity index is 1.82. The molecule has 25 heavy (non-hydrogen) atoms. The summed E-state index contributed by atoms with van der Waals surface area (Å²) in [5.41, 5.74) is 2.99. The average molecular weight is 418 g/mol. The van der Waals surface area contributed by atoms with E-state index in [-0.39, 0.29) is 16.9 Å². The summed E-state index contributed by atoms with van der Waals surface area (Å²) < 4.78 is 6.73. The standard InChI is InChI=1S/C18H16BrN3O2S/c1-10(2)16(23)22-18(25)20-11-7-8-15-14(9-11)21-17(24-15)12-5-3-4-6-13(12)19/h3-10H,1-2H3,(H2,20,22,23,25). The van der Waals surface area contributed by atoms with E-state index >= 15 is 0 Å². The Morgan fingerprint density at radius 3 is 2.72 bits per heavy atom. The number of anilines is 1. The Hall–Kier alpha value is -2.25. The minimum Gasteiger partial charge on any atom is -0.436 e. The van der Waals surface area contributed by atoms with Gasteiger partial charge in [-0.15, -0.1) is 0 Å². The molecule has 0 saturated carbocycles. The maximum absolute atomic E-state index is 11.7. The van der Waals surface area contributed by atoms with Gasteiger partial charge in [0.05, 0.1) is 5.56 Å². The van der Waals surface area contributed by atoms with E-state index in [1.54, 1.807) is 0 Å². The van der Waals surface area contributed by atoms with Crippen molar-refractivity contribution in [1.29, 1.82) is 0 Å². The van der Waals surface area contributed by atoms with E-state index in [1.807, 2.05) is 56.3 Å². The molecule has 1 heterocycles. The van der Waals surface area contributed by atoms with E-state index in [0.717, 1.165) is 15.7 Å². The fourth-order valence-electron chi connectivity index (χ4n) is 2.17. The van der Waals surface area contributed by atoms with Gasteiger partial charge in [-0.25, -0.2) is 4.98 Å². The summed E-state index contributed by atoms with van der Waals surface area (Å²) in [6.07, 6.45) is 0. The Morgan fingerprint density at radius 2 is 2.00 bits per heavy atom. The molecule has 0 saturated heterocycles. The first-order chi connectivity index (χ1) is 11.9. The summed E-state index contributed by atoms with van der Waals surface area (Å²) in [6, 6.07) is 13.2. The van der Waals surface area contributed by atoms with Gasteiger partial charge < -0.3 is 15.1 Å². The molecule has 3 aromatic rings. The topological polar surface area (TPSA) is 67.2 Å². The van der Waals surface area contributed by atoms with Crippen LogP contribution in [0.15, 0.2) is 51.4 Å². The predicted molar refractivity (Wildman–Crippen MR) is 106 cm³/mol. The van der Waals surface area contributed by atoms with Gasteiger partial charge in [-0.1, -0.05) is 26.0 Å². The fourth-order valence-corrected chi connectivity index (χ4v) is 2.85. The summed E-state index contributed by atoms with van der Waals surface area (Å²) in [5.74, 6) is 0.274. The number of halogens is 1. The first-order valence-electron chi connectivity index (χ1n) is 7.71. The van der Waals surface area contributed by atoms with Crippen LogP contribution in [0.25, 0.3) is 22.6 Å². The van der Waals surface area contributed by atoms with Gasteiger partial charge in [-0.3, -0.25) is 4.79 Å². The van der Waals surface area contributed by atoms with Gasteiger partial charge in [0.25, 0.3) is 0 Å². The second-order valence-corrected chi connectivity index (χ2v) is 7.04. The van der Waals surface area contributed by atoms with E-state index in [1.165, 1.54) is 0 Å². The van der Waals surface area contributed by atoms with E-state index in [4.69, 9.17) is 16.6 Å². The van der Waals surface area contributed by atoms with Gasteiger partial charge in [-0.05, 0) is 58.5 Å². The van der Waals surface area contributed by atoms with Crippen molar-refractivity contribution in [2.75, 3.05) is 5.32 Å². The lowest BCUT2D eigenvalue weighted by atomic mass is 10.2. The van der Waals surface area contributed by atoms with Crippen LogP contribution >= 0.6 is 28.1 Å². The fraction of sp³-hybridized carbons (Fsp3) is 0.167. The first-order valence-corrected chi connectivity index (χ1v) is 8.91. The third-order valence-corrected chi connectivity index (χ3v) is 4.41. The molecule has 0 bridgehead atoms. The molecule has 0 aliphatic heterocycles. The SMILES string of the molecule is CC(C)C(=O)NC(=S)Nc1ccc2oc(-c3ccccc3Br)nc2c1. The number of nitrogens with zero attached hydrogens (tertiary/aromatic N) is 1. The average Bonchev–Trinajstić information content (AvgIpc) is 2.97. The van der Waals surface area contributed by atoms with Crippen LogP contribution in [0.1, 0.15) is 13.8 Å². The molecule has 7 heteroatoms. The molecule has 0 unspecified atom stereocenters. The highest BCUT2D eigenvalue weighted by atomic mass is 79.9. The van der Waals surface area contributed by atoms with Gasteiger partial charge in [0, 0.05) is 16.1 Å². The van der Waals surface area contributed by atoms with E-state index in [0.29, 0.717) is 17.0 Å². The number of hydrogen-bond acceptors (Lipinski definition) is 4. The largest absolute Gasteiger partial charge is 0.436 e. The zero-order valence-corrected chi connectivity index (χ0v) is 16.1. The Morgan fingerprint density at radius 1 is 1.24 bits per heavy atom. The quantitative estimate of drug-likeness (QED) is 0.603. The van der Waals surface area contributed by atoms with E-state index in [9.17, 15) is 4.79 Å². The van der Waals surface area contributed by atoms with Crippen LogP contribution in [0.3, 0.4) is 0 Å². The molecular weight excluding hydrogens is 402 g/mol. The molecule has 0 spiro atoms. The molecular formula is C18H16BrN3O2S. The summed E-state index contributed by atoms with van der Waals surface area (Å²) in [5, 5.41) is 5.89. The van der Waals surface area contributed by atoms with Crippen LogP contribution in [-0.2, 0) is 4.79 Å².